The molecule has 0 N–H and O–H groups in total. The van der Waals surface area contributed by atoms with Crippen LogP contribution in [0, 0.1) is 0 Å². The number of allylic oxidation sites excluding steroid dienone is 3. The van der Waals surface area contributed by atoms with Gasteiger partial charge in [0.25, 0.3) is 5.91 Å². The molecule has 2 aliphatic heterocycles. The highest BCUT2D eigenvalue weighted by molar-refractivity contribution is 8.77. The number of amides is 1. The van der Waals surface area contributed by atoms with Crippen molar-refractivity contribution < 1.29 is 43.5 Å². The van der Waals surface area contributed by atoms with Crippen molar-refractivity contribution in [3.05, 3.63) is 118 Å². The predicted octanol–water partition coefficient (Wildman–Crippen LogP) is 10.2. The van der Waals surface area contributed by atoms with Gasteiger partial charge in [0.2, 0.25) is 0 Å². The van der Waals surface area contributed by atoms with E-state index in [4.69, 9.17) is 38.9 Å². The Balaban J connectivity index is 1.18. The second-order valence-corrected chi connectivity index (χ2v) is 19.3. The van der Waals surface area contributed by atoms with Crippen LogP contribution in [0.4, 0.5) is 22.7 Å². The van der Waals surface area contributed by atoms with E-state index in [0.29, 0.717) is 64.3 Å². The summed E-state index contributed by atoms with van der Waals surface area (Å²) in [6.07, 6.45) is 12.5. The third-order valence-corrected chi connectivity index (χ3v) is 13.9. The summed E-state index contributed by atoms with van der Waals surface area (Å²) in [4.78, 5) is 49.9. The zero-order chi connectivity index (χ0) is 46.1. The Bertz CT molecular complexity index is 2490. The second kappa shape index (κ2) is 21.5. The van der Waals surface area contributed by atoms with Crippen molar-refractivity contribution in [1.82, 2.24) is 4.90 Å². The predicted molar refractivity (Wildman–Crippen MR) is 259 cm³/mol. The number of fused-ring (bicyclic) bond motifs is 2. The van der Waals surface area contributed by atoms with E-state index in [-0.39, 0.29) is 29.9 Å². The number of hydrogen-bond donors (Lipinski definition) is 0. The van der Waals surface area contributed by atoms with Crippen molar-refractivity contribution in [2.24, 2.45) is 9.98 Å². The summed E-state index contributed by atoms with van der Waals surface area (Å²) in [6.45, 7) is 9.14. The van der Waals surface area contributed by atoms with E-state index in [9.17, 15) is 9.59 Å². The number of ether oxygens (including phenoxy) is 4. The van der Waals surface area contributed by atoms with Gasteiger partial charge in [-0.15, -0.1) is 0 Å². The van der Waals surface area contributed by atoms with E-state index >= 15 is 0 Å². The van der Waals surface area contributed by atoms with Gasteiger partial charge in [0.05, 0.1) is 56.5 Å². The lowest BCUT2D eigenvalue weighted by atomic mass is 10.0. The number of aliphatic imine (C=N–C) groups is 2. The smallest absolute Gasteiger partial charge is 0.260 e. The Morgan fingerprint density at radius 1 is 0.923 bits per heavy atom. The van der Waals surface area contributed by atoms with Crippen molar-refractivity contribution in [2.45, 2.75) is 63.5 Å². The Morgan fingerprint density at radius 2 is 1.62 bits per heavy atom. The minimum absolute atomic E-state index is 0.0172. The van der Waals surface area contributed by atoms with Crippen LogP contribution in [0.1, 0.15) is 70.5 Å². The van der Waals surface area contributed by atoms with Crippen LogP contribution < -0.4 is 28.9 Å². The molecule has 14 nitrogen and oxygen atoms in total. The topological polar surface area (TPSA) is 133 Å². The first kappa shape index (κ1) is 47.2. The SMILES string of the molecule is C=Nc1cc(OCc2cc(COc3cc(/N=C\C4Cc5ccccc5N4C)c(C=O)cc3OC)cc(N(CC(C)(C)SSC)OOOC)c2)c(OC)cc1C(=O)N1CCC2=CCCC=C21. The lowest BCUT2D eigenvalue weighted by Gasteiger charge is -2.30. The molecule has 0 bridgehead atoms. The molecular weight excluding hydrogens is 867 g/mol. The van der Waals surface area contributed by atoms with Gasteiger partial charge in [-0.3, -0.25) is 19.6 Å². The summed E-state index contributed by atoms with van der Waals surface area (Å²) in [7, 11) is 9.80. The lowest BCUT2D eigenvalue weighted by molar-refractivity contribution is -0.507. The number of nitrogens with zero attached hydrogens (tertiary/aromatic N) is 5. The number of likely N-dealkylation sites (tertiary alicyclic amines) is 1. The molecule has 2 heterocycles. The molecule has 342 valence electrons. The number of methoxy groups -OCH3 is 2. The summed E-state index contributed by atoms with van der Waals surface area (Å²) >= 11 is 0. The van der Waals surface area contributed by atoms with Gasteiger partial charge < -0.3 is 28.7 Å². The van der Waals surface area contributed by atoms with Crippen molar-refractivity contribution in [3.63, 3.8) is 0 Å². The number of benzene rings is 4. The number of likely N-dealkylation sites (N-methyl/N-ethyl adjacent to an activating group) is 1. The van der Waals surface area contributed by atoms with Crippen LogP contribution in [0.25, 0.3) is 0 Å². The number of aldehydes is 1. The van der Waals surface area contributed by atoms with Gasteiger partial charge in [0.15, 0.2) is 29.3 Å². The Labute approximate surface area is 388 Å². The van der Waals surface area contributed by atoms with Crippen molar-refractivity contribution in [3.8, 4) is 23.0 Å². The van der Waals surface area contributed by atoms with Gasteiger partial charge in [-0.1, -0.05) is 56.9 Å². The zero-order valence-corrected chi connectivity index (χ0v) is 39.5. The Hall–Kier alpha value is -5.78. The maximum atomic E-state index is 14.0. The summed E-state index contributed by atoms with van der Waals surface area (Å²) in [6, 6.07) is 20.8. The largest absolute Gasteiger partial charge is 0.493 e. The highest BCUT2D eigenvalue weighted by Gasteiger charge is 2.32. The third-order valence-electron chi connectivity index (χ3n) is 11.3. The minimum Gasteiger partial charge on any atom is -0.493 e. The summed E-state index contributed by atoms with van der Waals surface area (Å²) < 4.78 is 24.1. The molecule has 1 saturated heterocycles. The Kier molecular flexibility index (Phi) is 15.6. The molecule has 3 aliphatic rings. The third kappa shape index (κ3) is 11.0. The quantitative estimate of drug-likeness (QED) is 0.0258. The molecule has 1 fully saturated rings. The van der Waals surface area contributed by atoms with Crippen LogP contribution >= 0.6 is 21.6 Å². The van der Waals surface area contributed by atoms with Crippen molar-refractivity contribution in [1.29, 1.82) is 0 Å². The number of para-hydroxylation sites is 1. The van der Waals surface area contributed by atoms with Crippen LogP contribution in [0.2, 0.25) is 0 Å². The van der Waals surface area contributed by atoms with Gasteiger partial charge in [-0.05, 0) is 116 Å². The molecule has 16 heteroatoms. The molecule has 0 radical (unpaired) electrons. The van der Waals surface area contributed by atoms with E-state index in [1.165, 1.54) is 32.5 Å². The number of carbonyl (C=O) groups is 2. The molecule has 0 spiro atoms. The van der Waals surface area contributed by atoms with E-state index in [1.54, 1.807) is 55.8 Å². The average molecular weight is 922 g/mol. The fourth-order valence-corrected chi connectivity index (χ4v) is 10.3. The lowest BCUT2D eigenvalue weighted by Crippen LogP contribution is -2.36. The molecule has 1 atom stereocenters. The molecule has 1 aliphatic carbocycles. The number of hydrogen-bond acceptors (Lipinski definition) is 15. The van der Waals surface area contributed by atoms with Gasteiger partial charge in [-0.2, -0.15) is 0 Å². The first-order valence-electron chi connectivity index (χ1n) is 21.2. The van der Waals surface area contributed by atoms with Crippen LogP contribution in [0.15, 0.2) is 100 Å². The summed E-state index contributed by atoms with van der Waals surface area (Å²) in [5.41, 5.74) is 8.25. The molecule has 4 aromatic carbocycles. The van der Waals surface area contributed by atoms with E-state index < -0.39 is 0 Å². The van der Waals surface area contributed by atoms with Crippen LogP contribution in [0.5, 0.6) is 23.0 Å². The zero-order valence-electron chi connectivity index (χ0n) is 37.8. The van der Waals surface area contributed by atoms with E-state index in [2.05, 4.69) is 54.7 Å². The van der Waals surface area contributed by atoms with Gasteiger partial charge in [-0.25, -0.2) is 9.95 Å². The first-order valence-corrected chi connectivity index (χ1v) is 23.7. The maximum Gasteiger partial charge on any atom is 0.260 e. The van der Waals surface area contributed by atoms with Crippen LogP contribution in [-0.2, 0) is 34.5 Å². The van der Waals surface area contributed by atoms with E-state index in [0.717, 1.165) is 54.5 Å². The number of rotatable bonds is 21. The minimum atomic E-state index is -0.290. The molecule has 0 saturated carbocycles. The second-order valence-electron chi connectivity index (χ2n) is 16.2. The first-order chi connectivity index (χ1) is 31.5. The molecule has 1 unspecified atom stereocenters. The maximum absolute atomic E-state index is 14.0. The van der Waals surface area contributed by atoms with Crippen molar-refractivity contribution >= 4 is 69.5 Å². The highest BCUT2D eigenvalue weighted by atomic mass is 33.1. The van der Waals surface area contributed by atoms with Gasteiger partial charge in [0, 0.05) is 53.6 Å². The van der Waals surface area contributed by atoms with Gasteiger partial charge in [0.1, 0.15) is 13.2 Å². The molecule has 4 aromatic rings. The normalized spacial score (nSPS) is 15.6. The monoisotopic (exact) mass is 921 g/mol. The fourth-order valence-electron chi connectivity index (χ4n) is 8.19. The van der Waals surface area contributed by atoms with Gasteiger partial charge >= 0.3 is 0 Å². The van der Waals surface area contributed by atoms with E-state index in [1.807, 2.05) is 49.8 Å². The highest BCUT2D eigenvalue weighted by Crippen LogP contribution is 2.41. The summed E-state index contributed by atoms with van der Waals surface area (Å²) in [5.74, 6) is 1.35. The Morgan fingerprint density at radius 3 is 2.28 bits per heavy atom. The number of anilines is 2. The van der Waals surface area contributed by atoms with Crippen molar-refractivity contribution in [2.75, 3.05) is 57.7 Å². The molecular formula is C49H55N5O9S2. The molecule has 0 aromatic heterocycles. The standard InChI is InChI=1S/C49H55N5O9S2/c1-49(2,65-64-8)31-54(62-63-59-7)37-20-32(29-60-46-25-40(36(28-55)23-44(46)57-5)51-27-38-22-35-14-10-11-15-42(35)52(38)4)19-33(21-37)30-61-47-26-41(50-3)39(24-45(47)58-6)48(56)53-18-17-34-13-9-12-16-43(34)53/h10-11,13-16,19-21,23-28,38H,3,9,12,17-18,22,29-31H2,1-2,4-8H3/b51-27-. The summed E-state index contributed by atoms with van der Waals surface area (Å²) in [5, 5.41) is 6.63. The molecule has 1 amide bonds. The average Bonchev–Trinajstić information content (AvgIpc) is 3.90. The molecule has 65 heavy (non-hydrogen) atoms. The fraction of sp³-hybridized carbons (Fsp3) is 0.347. The number of carbonyl (C=O) groups excluding carboxylic acids is 2. The molecule has 7 rings (SSSR count). The van der Waals surface area contributed by atoms with Crippen LogP contribution in [-0.4, -0.2) is 88.5 Å². The van der Waals surface area contributed by atoms with Crippen LogP contribution in [0.3, 0.4) is 0 Å². The number of hydroxylamine groups is 1.